The number of benzene rings is 2. The molecule has 0 aliphatic rings. The van der Waals surface area contributed by atoms with Crippen molar-refractivity contribution in [1.82, 2.24) is 0 Å². The van der Waals surface area contributed by atoms with Crippen LogP contribution in [0.2, 0.25) is 0 Å². The molecular formula is C20H23NO4. The Balaban J connectivity index is 1.97. The van der Waals surface area contributed by atoms with Gasteiger partial charge in [0.15, 0.2) is 0 Å². The summed E-state index contributed by atoms with van der Waals surface area (Å²) < 4.78 is 17.2. The Morgan fingerprint density at radius 1 is 0.920 bits per heavy atom. The van der Waals surface area contributed by atoms with E-state index in [1.807, 2.05) is 6.07 Å². The maximum atomic E-state index is 12.9. The summed E-state index contributed by atoms with van der Waals surface area (Å²) >= 11 is 0. The van der Waals surface area contributed by atoms with Crippen LogP contribution in [0.15, 0.2) is 45.6 Å². The lowest BCUT2D eigenvalue weighted by molar-refractivity contribution is 0.309. The molecule has 3 rings (SSSR count). The summed E-state index contributed by atoms with van der Waals surface area (Å²) in [5.41, 5.74) is 6.49. The van der Waals surface area contributed by atoms with Crippen molar-refractivity contribution in [3.8, 4) is 11.5 Å². The van der Waals surface area contributed by atoms with Crippen molar-refractivity contribution in [2.75, 3.05) is 19.8 Å². The quantitative estimate of drug-likeness (QED) is 0.497. The molecule has 0 atom stereocenters. The van der Waals surface area contributed by atoms with E-state index in [1.54, 1.807) is 30.3 Å². The van der Waals surface area contributed by atoms with Crippen LogP contribution >= 0.6 is 0 Å². The van der Waals surface area contributed by atoms with E-state index >= 15 is 0 Å². The van der Waals surface area contributed by atoms with Crippen molar-refractivity contribution >= 4 is 21.9 Å². The smallest absolute Gasteiger partial charge is 0.200 e. The van der Waals surface area contributed by atoms with Gasteiger partial charge in [0.1, 0.15) is 22.7 Å². The molecule has 0 spiro atoms. The second-order valence-corrected chi connectivity index (χ2v) is 5.94. The Bertz CT molecular complexity index is 846. The molecule has 0 aliphatic heterocycles. The minimum Gasteiger partial charge on any atom is -0.494 e. The van der Waals surface area contributed by atoms with Gasteiger partial charge in [-0.1, -0.05) is 13.3 Å². The van der Waals surface area contributed by atoms with Gasteiger partial charge in [0.25, 0.3) is 0 Å². The van der Waals surface area contributed by atoms with Gasteiger partial charge in [0, 0.05) is 0 Å². The largest absolute Gasteiger partial charge is 0.494 e. The third kappa shape index (κ3) is 3.94. The van der Waals surface area contributed by atoms with Crippen LogP contribution in [-0.2, 0) is 0 Å². The Labute approximate surface area is 146 Å². The highest BCUT2D eigenvalue weighted by Crippen LogP contribution is 2.25. The Hall–Kier alpha value is -2.53. The lowest BCUT2D eigenvalue weighted by atomic mass is 10.1. The first-order chi connectivity index (χ1) is 12.2. The van der Waals surface area contributed by atoms with Crippen LogP contribution in [0, 0.1) is 0 Å². The van der Waals surface area contributed by atoms with E-state index in [9.17, 15) is 4.79 Å². The van der Waals surface area contributed by atoms with Gasteiger partial charge in [0.05, 0.1) is 24.0 Å². The van der Waals surface area contributed by atoms with Crippen molar-refractivity contribution in [2.45, 2.75) is 26.2 Å². The number of rotatable bonds is 8. The van der Waals surface area contributed by atoms with E-state index < -0.39 is 0 Å². The average molecular weight is 341 g/mol. The van der Waals surface area contributed by atoms with E-state index in [2.05, 4.69) is 6.92 Å². The second-order valence-electron chi connectivity index (χ2n) is 5.94. The van der Waals surface area contributed by atoms with Gasteiger partial charge >= 0.3 is 0 Å². The fraction of sp³-hybridized carbons (Fsp3) is 0.350. The van der Waals surface area contributed by atoms with Crippen LogP contribution in [0.5, 0.6) is 11.5 Å². The Morgan fingerprint density at radius 2 is 1.48 bits per heavy atom. The summed E-state index contributed by atoms with van der Waals surface area (Å²) in [5.74, 6) is 1.32. The van der Waals surface area contributed by atoms with Crippen LogP contribution < -0.4 is 20.6 Å². The van der Waals surface area contributed by atoms with Crippen molar-refractivity contribution in [3.05, 3.63) is 46.6 Å². The van der Waals surface area contributed by atoms with Crippen molar-refractivity contribution in [1.29, 1.82) is 0 Å². The molecule has 0 radical (unpaired) electrons. The van der Waals surface area contributed by atoms with E-state index in [0.717, 1.165) is 19.3 Å². The first kappa shape index (κ1) is 17.3. The monoisotopic (exact) mass is 341 g/mol. The maximum Gasteiger partial charge on any atom is 0.200 e. The van der Waals surface area contributed by atoms with Gasteiger partial charge in [-0.25, -0.2) is 0 Å². The molecule has 2 N–H and O–H groups in total. The van der Waals surface area contributed by atoms with E-state index in [0.29, 0.717) is 53.2 Å². The summed E-state index contributed by atoms with van der Waals surface area (Å²) in [6.07, 6.45) is 2.81. The molecule has 0 fully saturated rings. The van der Waals surface area contributed by atoms with Crippen LogP contribution in [0.25, 0.3) is 21.9 Å². The van der Waals surface area contributed by atoms with E-state index in [-0.39, 0.29) is 5.43 Å². The SMILES string of the molecule is CCCCOc1ccc2oc3ccc(OCCCN)cc3c(=O)c2c1. The minimum atomic E-state index is -0.0820. The van der Waals surface area contributed by atoms with Crippen LogP contribution in [0.1, 0.15) is 26.2 Å². The van der Waals surface area contributed by atoms with Crippen LogP contribution in [-0.4, -0.2) is 19.8 Å². The van der Waals surface area contributed by atoms with Crippen LogP contribution in [0.4, 0.5) is 0 Å². The first-order valence-electron chi connectivity index (χ1n) is 8.69. The zero-order valence-corrected chi connectivity index (χ0v) is 14.4. The standard InChI is InChI=1S/C20H23NO4/c1-2-3-10-23-14-5-7-18-16(12-14)20(22)17-13-15(24-11-4-9-21)6-8-19(17)25-18/h5-8,12-13H,2-4,9-11,21H2,1H3. The van der Waals surface area contributed by atoms with Gasteiger partial charge in [0.2, 0.25) is 5.43 Å². The van der Waals surface area contributed by atoms with Gasteiger partial charge in [-0.3, -0.25) is 4.79 Å². The third-order valence-electron chi connectivity index (χ3n) is 4.00. The highest BCUT2D eigenvalue weighted by atomic mass is 16.5. The molecule has 1 aromatic heterocycles. The normalized spacial score (nSPS) is 11.1. The molecular weight excluding hydrogens is 318 g/mol. The first-order valence-corrected chi connectivity index (χ1v) is 8.69. The molecule has 132 valence electrons. The van der Waals surface area contributed by atoms with Crippen LogP contribution in [0.3, 0.4) is 0 Å². The lowest BCUT2D eigenvalue weighted by Crippen LogP contribution is -2.07. The molecule has 25 heavy (non-hydrogen) atoms. The molecule has 0 bridgehead atoms. The number of unbranched alkanes of at least 4 members (excludes halogenated alkanes) is 1. The van der Waals surface area contributed by atoms with Gasteiger partial charge < -0.3 is 19.6 Å². The van der Waals surface area contributed by atoms with Crippen molar-refractivity contribution in [2.24, 2.45) is 5.73 Å². The number of hydrogen-bond acceptors (Lipinski definition) is 5. The summed E-state index contributed by atoms with van der Waals surface area (Å²) in [7, 11) is 0. The highest BCUT2D eigenvalue weighted by molar-refractivity contribution is 5.90. The van der Waals surface area contributed by atoms with E-state index in [4.69, 9.17) is 19.6 Å². The number of fused-ring (bicyclic) bond motifs is 2. The fourth-order valence-electron chi connectivity index (χ4n) is 2.60. The molecule has 0 amide bonds. The average Bonchev–Trinajstić information content (AvgIpc) is 2.63. The Morgan fingerprint density at radius 3 is 2.00 bits per heavy atom. The molecule has 1 heterocycles. The van der Waals surface area contributed by atoms with Crippen molar-refractivity contribution < 1.29 is 13.9 Å². The molecule has 2 aromatic carbocycles. The number of ether oxygens (including phenoxy) is 2. The van der Waals surface area contributed by atoms with Crippen molar-refractivity contribution in [3.63, 3.8) is 0 Å². The molecule has 0 saturated carbocycles. The molecule has 0 unspecified atom stereocenters. The topological polar surface area (TPSA) is 74.7 Å². The number of hydrogen-bond donors (Lipinski definition) is 1. The molecule has 0 saturated heterocycles. The molecule has 5 nitrogen and oxygen atoms in total. The maximum absolute atomic E-state index is 12.9. The predicted octanol–water partition coefficient (Wildman–Crippen LogP) is 3.85. The zero-order chi connectivity index (χ0) is 17.6. The summed E-state index contributed by atoms with van der Waals surface area (Å²) in [6.45, 7) is 3.84. The van der Waals surface area contributed by atoms with Gasteiger partial charge in [-0.05, 0) is 55.8 Å². The summed E-state index contributed by atoms with van der Waals surface area (Å²) in [5, 5.41) is 1.02. The summed E-state index contributed by atoms with van der Waals surface area (Å²) in [4.78, 5) is 12.9. The molecule has 3 aromatic rings. The van der Waals surface area contributed by atoms with E-state index in [1.165, 1.54) is 0 Å². The minimum absolute atomic E-state index is 0.0820. The van der Waals surface area contributed by atoms with Gasteiger partial charge in [-0.2, -0.15) is 0 Å². The van der Waals surface area contributed by atoms with Gasteiger partial charge in [-0.15, -0.1) is 0 Å². The zero-order valence-electron chi connectivity index (χ0n) is 14.4. The predicted molar refractivity (Wildman–Crippen MR) is 99.6 cm³/mol. The highest BCUT2D eigenvalue weighted by Gasteiger charge is 2.10. The molecule has 5 heteroatoms. The fourth-order valence-corrected chi connectivity index (χ4v) is 2.60. The Kier molecular flexibility index (Phi) is 5.56. The second kappa shape index (κ2) is 8.03. The summed E-state index contributed by atoms with van der Waals surface area (Å²) in [6, 6.07) is 10.6. The lowest BCUT2D eigenvalue weighted by Gasteiger charge is -2.08. The molecule has 0 aliphatic carbocycles. The number of nitrogens with two attached hydrogens (primary N) is 1. The third-order valence-corrected chi connectivity index (χ3v) is 4.00.